The van der Waals surface area contributed by atoms with E-state index in [1.165, 1.54) is 16.5 Å². The molecule has 5 aromatic rings. The first-order valence-corrected chi connectivity index (χ1v) is 14.9. The number of fused-ring (bicyclic) bond motifs is 2. The Morgan fingerprint density at radius 2 is 1.51 bits per heavy atom. The van der Waals surface area contributed by atoms with Crippen LogP contribution < -0.4 is 16.0 Å². The van der Waals surface area contributed by atoms with Crippen molar-refractivity contribution in [2.24, 2.45) is 11.7 Å². The molecule has 0 spiro atoms. The minimum absolute atomic E-state index is 0. The normalized spacial score (nSPS) is 14.5. The maximum Gasteiger partial charge on any atom is 0.239 e. The molecule has 1 fully saturated rings. The number of anilines is 1. The van der Waals surface area contributed by atoms with Gasteiger partial charge in [0, 0.05) is 63.0 Å². The third-order valence-electron chi connectivity index (χ3n) is 7.89. The average molecular weight is 641 g/mol. The second-order valence-corrected chi connectivity index (χ2v) is 11.6. The van der Waals surface area contributed by atoms with Crippen LogP contribution in [0.25, 0.3) is 21.8 Å². The van der Waals surface area contributed by atoms with Crippen molar-refractivity contribution in [1.82, 2.24) is 15.3 Å². The highest BCUT2D eigenvalue weighted by Crippen LogP contribution is 2.28. The van der Waals surface area contributed by atoms with Crippen LogP contribution in [0.15, 0.2) is 67.0 Å². The van der Waals surface area contributed by atoms with Crippen LogP contribution in [-0.4, -0.2) is 41.4 Å². The van der Waals surface area contributed by atoms with Gasteiger partial charge in [-0.15, -0.1) is 12.4 Å². The molecule has 1 atom stereocenters. The fourth-order valence-electron chi connectivity index (χ4n) is 5.39. The van der Waals surface area contributed by atoms with E-state index in [2.05, 4.69) is 15.3 Å². The molecule has 1 aliphatic heterocycles. The molecular weight excluding hydrogens is 605 g/mol. The van der Waals surface area contributed by atoms with Crippen LogP contribution in [0.1, 0.15) is 28.7 Å². The van der Waals surface area contributed by atoms with Crippen molar-refractivity contribution in [3.05, 3.63) is 99.3 Å². The quantitative estimate of drug-likeness (QED) is 0.146. The summed E-state index contributed by atoms with van der Waals surface area (Å²) >= 11 is 12.0. The van der Waals surface area contributed by atoms with Crippen LogP contribution in [-0.2, 0) is 22.4 Å². The van der Waals surface area contributed by atoms with Crippen molar-refractivity contribution >= 4 is 74.9 Å². The summed E-state index contributed by atoms with van der Waals surface area (Å²) in [4.78, 5) is 33.5. The number of carbonyl (C=O) groups excluding carboxylic acids is 2. The van der Waals surface area contributed by atoms with Crippen molar-refractivity contribution in [2.45, 2.75) is 33.1 Å². The molecule has 6 rings (SSSR count). The smallest absolute Gasteiger partial charge is 0.239 e. The Morgan fingerprint density at radius 1 is 0.907 bits per heavy atom. The van der Waals surface area contributed by atoms with Crippen molar-refractivity contribution in [2.75, 3.05) is 24.5 Å². The monoisotopic (exact) mass is 639 g/mol. The summed E-state index contributed by atoms with van der Waals surface area (Å²) in [6.07, 6.45) is 6.04. The van der Waals surface area contributed by atoms with Gasteiger partial charge in [-0.05, 0) is 110 Å². The number of rotatable bonds is 7. The highest BCUT2D eigenvalue weighted by molar-refractivity contribution is 6.31. The Labute approximate surface area is 267 Å². The topological polar surface area (TPSA) is 107 Å². The molecule has 3 heterocycles. The molecule has 0 saturated carbocycles. The lowest BCUT2D eigenvalue weighted by atomic mass is 10.1. The zero-order valence-corrected chi connectivity index (χ0v) is 26.5. The first-order chi connectivity index (χ1) is 20.2. The first-order valence-electron chi connectivity index (χ1n) is 14.1. The number of amides is 2. The standard InChI is InChI=1S/C23H24ClN3O2.C10H11ClN2.ClH/c1-14-3-5-18(11-15(14)2)27-10-8-19(23(27)29)22(28)25-9-7-16-13-26-21-6-4-17(24)12-20(16)21;11-8-1-2-10-9(5-8)7(3-4-12)6-13-10;/h3-6,11-13,19,26H,7-10H2,1-2H3,(H,25,28);1-2,5-6,13H,3-4,12H2;1H. The lowest BCUT2D eigenvalue weighted by molar-refractivity contribution is -0.132. The van der Waals surface area contributed by atoms with E-state index in [1.807, 2.05) is 80.8 Å². The molecule has 3 aromatic carbocycles. The molecule has 5 N–H and O–H groups in total. The summed E-state index contributed by atoms with van der Waals surface area (Å²) in [7, 11) is 0. The zero-order chi connectivity index (χ0) is 29.8. The van der Waals surface area contributed by atoms with Crippen molar-refractivity contribution in [1.29, 1.82) is 0 Å². The number of hydrogen-bond acceptors (Lipinski definition) is 3. The minimum atomic E-state index is -0.617. The molecule has 43 heavy (non-hydrogen) atoms. The van der Waals surface area contributed by atoms with E-state index in [0.29, 0.717) is 37.5 Å². The Morgan fingerprint density at radius 3 is 2.09 bits per heavy atom. The van der Waals surface area contributed by atoms with Gasteiger partial charge in [-0.3, -0.25) is 9.59 Å². The first kappa shape index (κ1) is 32.4. The predicted molar refractivity (Wildman–Crippen MR) is 180 cm³/mol. The summed E-state index contributed by atoms with van der Waals surface area (Å²) in [5.74, 6) is -0.933. The largest absolute Gasteiger partial charge is 0.361 e. The number of nitrogens with zero attached hydrogens (tertiary/aromatic N) is 1. The van der Waals surface area contributed by atoms with Gasteiger partial charge in [0.2, 0.25) is 11.8 Å². The third kappa shape index (κ3) is 7.36. The molecule has 1 unspecified atom stereocenters. The number of aryl methyl sites for hydroxylation is 2. The summed E-state index contributed by atoms with van der Waals surface area (Å²) < 4.78 is 0. The van der Waals surface area contributed by atoms with Crippen molar-refractivity contribution in [3.8, 4) is 0 Å². The zero-order valence-electron chi connectivity index (χ0n) is 24.2. The molecule has 0 bridgehead atoms. The maximum atomic E-state index is 12.8. The summed E-state index contributed by atoms with van der Waals surface area (Å²) in [6, 6.07) is 17.5. The average Bonchev–Trinajstić information content (AvgIpc) is 3.68. The van der Waals surface area contributed by atoms with Gasteiger partial charge in [0.15, 0.2) is 0 Å². The van der Waals surface area contributed by atoms with Crippen molar-refractivity contribution < 1.29 is 9.59 Å². The van der Waals surface area contributed by atoms with Crippen molar-refractivity contribution in [3.63, 3.8) is 0 Å². The second-order valence-electron chi connectivity index (χ2n) is 10.7. The molecule has 10 heteroatoms. The van der Waals surface area contributed by atoms with Gasteiger partial charge in [0.1, 0.15) is 5.92 Å². The molecular formula is C33H36Cl3N5O2. The van der Waals surface area contributed by atoms with Gasteiger partial charge in [0.25, 0.3) is 0 Å². The van der Waals surface area contributed by atoms with Crippen LogP contribution in [0.2, 0.25) is 10.0 Å². The summed E-state index contributed by atoms with van der Waals surface area (Å²) in [5.41, 5.74) is 13.2. The fraction of sp³-hybridized carbons (Fsp3) is 0.273. The predicted octanol–water partition coefficient (Wildman–Crippen LogP) is 6.89. The Kier molecular flexibility index (Phi) is 10.8. The van der Waals surface area contributed by atoms with E-state index in [-0.39, 0.29) is 24.2 Å². The summed E-state index contributed by atoms with van der Waals surface area (Å²) in [6.45, 7) is 5.79. The van der Waals surface area contributed by atoms with E-state index < -0.39 is 5.92 Å². The number of halogens is 3. The lowest BCUT2D eigenvalue weighted by Gasteiger charge is -2.18. The number of hydrogen-bond donors (Lipinski definition) is 4. The number of aromatic amines is 2. The van der Waals surface area contributed by atoms with Crippen LogP contribution in [0, 0.1) is 19.8 Å². The lowest BCUT2D eigenvalue weighted by Crippen LogP contribution is -2.37. The third-order valence-corrected chi connectivity index (χ3v) is 8.36. The summed E-state index contributed by atoms with van der Waals surface area (Å²) in [5, 5.41) is 6.62. The van der Waals surface area contributed by atoms with E-state index in [4.69, 9.17) is 28.9 Å². The van der Waals surface area contributed by atoms with Gasteiger partial charge >= 0.3 is 0 Å². The molecule has 226 valence electrons. The number of aromatic nitrogens is 2. The minimum Gasteiger partial charge on any atom is -0.361 e. The van der Waals surface area contributed by atoms with Gasteiger partial charge in [-0.25, -0.2) is 0 Å². The van der Waals surface area contributed by atoms with Gasteiger partial charge in [-0.2, -0.15) is 0 Å². The van der Waals surface area contributed by atoms with Crippen LogP contribution >= 0.6 is 35.6 Å². The van der Waals surface area contributed by atoms with Gasteiger partial charge in [0.05, 0.1) is 0 Å². The van der Waals surface area contributed by atoms with E-state index in [9.17, 15) is 9.59 Å². The van der Waals surface area contributed by atoms with E-state index >= 15 is 0 Å². The highest BCUT2D eigenvalue weighted by atomic mass is 35.5. The molecule has 0 aliphatic carbocycles. The van der Waals surface area contributed by atoms with Crippen LogP contribution in [0.5, 0.6) is 0 Å². The molecule has 2 amide bonds. The Hall–Kier alpha value is -3.49. The van der Waals surface area contributed by atoms with Crippen LogP contribution in [0.3, 0.4) is 0 Å². The Bertz CT molecular complexity index is 1750. The molecule has 2 aromatic heterocycles. The van der Waals surface area contributed by atoms with E-state index in [0.717, 1.165) is 44.7 Å². The van der Waals surface area contributed by atoms with Gasteiger partial charge < -0.3 is 25.9 Å². The number of benzene rings is 3. The molecule has 0 radical (unpaired) electrons. The molecule has 1 saturated heterocycles. The molecule has 7 nitrogen and oxygen atoms in total. The van der Waals surface area contributed by atoms with Gasteiger partial charge in [-0.1, -0.05) is 29.3 Å². The maximum absolute atomic E-state index is 12.8. The van der Waals surface area contributed by atoms with E-state index in [1.54, 1.807) is 4.90 Å². The fourth-order valence-corrected chi connectivity index (χ4v) is 5.73. The number of nitrogens with two attached hydrogens (primary N) is 1. The number of H-pyrrole nitrogens is 2. The number of carbonyl (C=O) groups is 2. The number of nitrogens with one attached hydrogen (secondary N) is 3. The van der Waals surface area contributed by atoms with Crippen LogP contribution in [0.4, 0.5) is 5.69 Å². The second kappa shape index (κ2) is 14.3. The SMILES string of the molecule is Cc1ccc(N2CCC(C(=O)NCCc3c[nH]c4ccc(Cl)cc34)C2=O)cc1C.Cl.NCCc1c[nH]c2ccc(Cl)cc12. The Balaban J connectivity index is 0.000000253. The highest BCUT2D eigenvalue weighted by Gasteiger charge is 2.37. The molecule has 1 aliphatic rings.